The van der Waals surface area contributed by atoms with Gasteiger partial charge in [0.1, 0.15) is 0 Å². The van der Waals surface area contributed by atoms with E-state index in [2.05, 4.69) is 65.4 Å². The van der Waals surface area contributed by atoms with Crippen molar-refractivity contribution in [1.29, 1.82) is 0 Å². The summed E-state index contributed by atoms with van der Waals surface area (Å²) in [5, 5.41) is 4.51. The summed E-state index contributed by atoms with van der Waals surface area (Å²) >= 11 is 6.26. The molecule has 0 aliphatic carbocycles. The minimum absolute atomic E-state index is 0.809. The highest BCUT2D eigenvalue weighted by atomic mass is 35.5. The lowest BCUT2D eigenvalue weighted by molar-refractivity contribution is 0.843. The molecule has 0 saturated heterocycles. The van der Waals surface area contributed by atoms with Crippen LogP contribution in [0.25, 0.3) is 21.7 Å². The molecule has 0 unspecified atom stereocenters. The molecule has 3 aromatic carbocycles. The predicted molar refractivity (Wildman–Crippen MR) is 90.0 cm³/mol. The van der Waals surface area contributed by atoms with Gasteiger partial charge in [-0.2, -0.15) is 0 Å². The first kappa shape index (κ1) is 12.5. The molecule has 0 fully saturated rings. The lowest BCUT2D eigenvalue weighted by Crippen LogP contribution is -1.98. The highest BCUT2D eigenvalue weighted by Crippen LogP contribution is 2.26. The molecule has 4 rings (SSSR count). The molecular weight excluding hydrogens is 278 g/mol. The highest BCUT2D eigenvalue weighted by molar-refractivity contribution is 6.35. The van der Waals surface area contributed by atoms with Crippen molar-refractivity contribution in [2.45, 2.75) is 6.54 Å². The molecule has 1 nitrogen and oxygen atoms in total. The number of aromatic nitrogens is 1. The molecule has 0 aliphatic rings. The number of hydrogen-bond donors (Lipinski definition) is 0. The van der Waals surface area contributed by atoms with Crippen molar-refractivity contribution in [2.24, 2.45) is 0 Å². The maximum atomic E-state index is 6.26. The monoisotopic (exact) mass is 291 g/mol. The van der Waals surface area contributed by atoms with E-state index >= 15 is 0 Å². The maximum Gasteiger partial charge on any atom is 0.0499 e. The molecule has 0 bridgehead atoms. The van der Waals surface area contributed by atoms with Crippen LogP contribution in [0.15, 0.2) is 72.9 Å². The molecule has 1 heterocycles. The lowest BCUT2D eigenvalue weighted by atomic mass is 10.0. The molecule has 0 atom stereocenters. The van der Waals surface area contributed by atoms with Gasteiger partial charge in [-0.25, -0.2) is 0 Å². The second-order valence-electron chi connectivity index (χ2n) is 5.25. The van der Waals surface area contributed by atoms with Crippen LogP contribution in [-0.2, 0) is 6.54 Å². The van der Waals surface area contributed by atoms with Crippen LogP contribution in [0.5, 0.6) is 0 Å². The molecule has 21 heavy (non-hydrogen) atoms. The molecule has 0 amide bonds. The van der Waals surface area contributed by atoms with Crippen molar-refractivity contribution < 1.29 is 0 Å². The molecule has 0 spiro atoms. The minimum Gasteiger partial charge on any atom is -0.343 e. The summed E-state index contributed by atoms with van der Waals surface area (Å²) in [6, 6.07) is 23.1. The summed E-state index contributed by atoms with van der Waals surface area (Å²) in [7, 11) is 0. The van der Waals surface area contributed by atoms with E-state index in [-0.39, 0.29) is 0 Å². The van der Waals surface area contributed by atoms with Gasteiger partial charge < -0.3 is 4.57 Å². The van der Waals surface area contributed by atoms with Crippen LogP contribution in [0, 0.1) is 0 Å². The third-order valence-corrected chi connectivity index (χ3v) is 4.31. The van der Waals surface area contributed by atoms with E-state index in [0.717, 1.165) is 17.0 Å². The SMILES string of the molecule is Clc1cccc2c1ccn2Cc1cccc2ccccc12. The standard InChI is InChI=1S/C19H14ClN/c20-18-9-4-10-19-17(18)11-12-21(19)13-15-7-3-6-14-5-1-2-8-16(14)15/h1-12H,13H2. The van der Waals surface area contributed by atoms with Crippen LogP contribution in [0.2, 0.25) is 5.02 Å². The Labute approximate surface area is 128 Å². The van der Waals surface area contributed by atoms with Crippen LogP contribution in [0.3, 0.4) is 0 Å². The summed E-state index contributed by atoms with van der Waals surface area (Å²) in [6.45, 7) is 0.852. The number of halogens is 1. The molecule has 2 heteroatoms. The zero-order valence-corrected chi connectivity index (χ0v) is 12.2. The van der Waals surface area contributed by atoms with Gasteiger partial charge in [0.15, 0.2) is 0 Å². The molecule has 0 radical (unpaired) electrons. The quantitative estimate of drug-likeness (QED) is 0.460. The van der Waals surface area contributed by atoms with Gasteiger partial charge in [-0.3, -0.25) is 0 Å². The van der Waals surface area contributed by atoms with E-state index in [9.17, 15) is 0 Å². The van der Waals surface area contributed by atoms with Crippen molar-refractivity contribution in [1.82, 2.24) is 4.57 Å². The van der Waals surface area contributed by atoms with Crippen LogP contribution in [0.1, 0.15) is 5.56 Å². The molecule has 1 aromatic heterocycles. The van der Waals surface area contributed by atoms with Gasteiger partial charge in [-0.05, 0) is 34.5 Å². The Morgan fingerprint density at radius 3 is 2.52 bits per heavy atom. The Kier molecular flexibility index (Phi) is 2.94. The normalized spacial score (nSPS) is 11.3. The molecule has 102 valence electrons. The summed E-state index contributed by atoms with van der Waals surface area (Å²) in [5.41, 5.74) is 2.50. The van der Waals surface area contributed by atoms with Crippen molar-refractivity contribution in [3.8, 4) is 0 Å². The molecule has 0 N–H and O–H groups in total. The molecule has 0 aliphatic heterocycles. The average molecular weight is 292 g/mol. The van der Waals surface area contributed by atoms with Crippen LogP contribution in [0.4, 0.5) is 0 Å². The number of benzene rings is 3. The van der Waals surface area contributed by atoms with E-state index in [4.69, 9.17) is 11.6 Å². The topological polar surface area (TPSA) is 4.93 Å². The first-order valence-electron chi connectivity index (χ1n) is 7.03. The van der Waals surface area contributed by atoms with E-state index < -0.39 is 0 Å². The number of hydrogen-bond acceptors (Lipinski definition) is 0. The third kappa shape index (κ3) is 2.10. The lowest BCUT2D eigenvalue weighted by Gasteiger charge is -2.09. The largest absolute Gasteiger partial charge is 0.343 e. The van der Waals surface area contributed by atoms with Gasteiger partial charge in [0.05, 0.1) is 0 Å². The van der Waals surface area contributed by atoms with Gasteiger partial charge >= 0.3 is 0 Å². The summed E-state index contributed by atoms with van der Waals surface area (Å²) in [4.78, 5) is 0. The summed E-state index contributed by atoms with van der Waals surface area (Å²) in [6.07, 6.45) is 2.11. The van der Waals surface area contributed by atoms with Gasteiger partial charge in [0.2, 0.25) is 0 Å². The van der Waals surface area contributed by atoms with Crippen molar-refractivity contribution in [3.05, 3.63) is 83.5 Å². The molecule has 4 aromatic rings. The van der Waals surface area contributed by atoms with Gasteiger partial charge in [-0.15, -0.1) is 0 Å². The van der Waals surface area contributed by atoms with Crippen LogP contribution < -0.4 is 0 Å². The number of rotatable bonds is 2. The van der Waals surface area contributed by atoms with Crippen molar-refractivity contribution in [2.75, 3.05) is 0 Å². The highest BCUT2D eigenvalue weighted by Gasteiger charge is 2.06. The maximum absolute atomic E-state index is 6.26. The first-order chi connectivity index (χ1) is 10.3. The Balaban J connectivity index is 1.85. The van der Waals surface area contributed by atoms with E-state index in [1.54, 1.807) is 0 Å². The Hall–Kier alpha value is -2.25. The van der Waals surface area contributed by atoms with E-state index in [0.29, 0.717) is 0 Å². The number of nitrogens with zero attached hydrogens (tertiary/aromatic N) is 1. The summed E-state index contributed by atoms with van der Waals surface area (Å²) < 4.78 is 2.25. The Morgan fingerprint density at radius 2 is 1.57 bits per heavy atom. The fourth-order valence-electron chi connectivity index (χ4n) is 2.94. The van der Waals surface area contributed by atoms with E-state index in [1.165, 1.54) is 21.9 Å². The third-order valence-electron chi connectivity index (χ3n) is 3.98. The fraction of sp³-hybridized carbons (Fsp3) is 0.0526. The van der Waals surface area contributed by atoms with Gasteiger partial charge in [0, 0.05) is 28.7 Å². The van der Waals surface area contributed by atoms with Gasteiger partial charge in [0.25, 0.3) is 0 Å². The van der Waals surface area contributed by atoms with Crippen LogP contribution >= 0.6 is 11.6 Å². The molecular formula is C19H14ClN. The average Bonchev–Trinajstić information content (AvgIpc) is 2.92. The number of fused-ring (bicyclic) bond motifs is 2. The van der Waals surface area contributed by atoms with Crippen molar-refractivity contribution in [3.63, 3.8) is 0 Å². The van der Waals surface area contributed by atoms with Crippen molar-refractivity contribution >= 4 is 33.3 Å². The molecule has 0 saturated carbocycles. The second-order valence-corrected chi connectivity index (χ2v) is 5.66. The summed E-state index contributed by atoms with van der Waals surface area (Å²) in [5.74, 6) is 0. The fourth-order valence-corrected chi connectivity index (χ4v) is 3.17. The smallest absolute Gasteiger partial charge is 0.0499 e. The zero-order chi connectivity index (χ0) is 14.2. The van der Waals surface area contributed by atoms with E-state index in [1.807, 2.05) is 12.1 Å². The Bertz CT molecular complexity index is 931. The van der Waals surface area contributed by atoms with Crippen LogP contribution in [-0.4, -0.2) is 4.57 Å². The Morgan fingerprint density at radius 1 is 0.762 bits per heavy atom. The predicted octanol–water partition coefficient (Wildman–Crippen LogP) is 5.50. The van der Waals surface area contributed by atoms with Gasteiger partial charge in [-0.1, -0.05) is 60.1 Å². The second kappa shape index (κ2) is 4.94. The minimum atomic E-state index is 0.809. The zero-order valence-electron chi connectivity index (χ0n) is 11.5. The first-order valence-corrected chi connectivity index (χ1v) is 7.41.